The number of rotatable bonds is 6. The summed E-state index contributed by atoms with van der Waals surface area (Å²) >= 11 is 0. The fourth-order valence-electron chi connectivity index (χ4n) is 3.01. The smallest absolute Gasteiger partial charge is 0.227 e. The lowest BCUT2D eigenvalue weighted by atomic mass is 10.1. The predicted octanol–water partition coefficient (Wildman–Crippen LogP) is 2.91. The molecule has 1 aliphatic heterocycles. The van der Waals surface area contributed by atoms with Crippen molar-refractivity contribution in [3.63, 3.8) is 0 Å². The summed E-state index contributed by atoms with van der Waals surface area (Å²) in [7, 11) is 1.61. The highest BCUT2D eigenvalue weighted by Gasteiger charge is 2.27. The molecular formula is C21H24N2O4. The van der Waals surface area contributed by atoms with E-state index in [0.717, 1.165) is 17.0 Å². The molecule has 0 bridgehead atoms. The second-order valence-corrected chi connectivity index (χ2v) is 6.53. The van der Waals surface area contributed by atoms with E-state index in [-0.39, 0.29) is 30.8 Å². The molecule has 27 heavy (non-hydrogen) atoms. The summed E-state index contributed by atoms with van der Waals surface area (Å²) in [5, 5.41) is 2.85. The summed E-state index contributed by atoms with van der Waals surface area (Å²) in [5.74, 6) is 1.26. The lowest BCUT2D eigenvalue weighted by Gasteiger charge is -2.33. The fraction of sp³-hybridized carbons (Fsp3) is 0.333. The summed E-state index contributed by atoms with van der Waals surface area (Å²) in [4.78, 5) is 26.4. The van der Waals surface area contributed by atoms with E-state index in [9.17, 15) is 9.59 Å². The van der Waals surface area contributed by atoms with Crippen LogP contribution in [-0.4, -0.2) is 31.6 Å². The van der Waals surface area contributed by atoms with Crippen molar-refractivity contribution in [3.8, 4) is 11.5 Å². The Bertz CT molecular complexity index is 804. The number of anilines is 1. The topological polar surface area (TPSA) is 67.9 Å². The Labute approximate surface area is 159 Å². The number of hydrogen-bond donors (Lipinski definition) is 1. The first-order chi connectivity index (χ1) is 13.1. The number of hydrogen-bond acceptors (Lipinski definition) is 4. The monoisotopic (exact) mass is 368 g/mol. The third-order valence-corrected chi connectivity index (χ3v) is 4.44. The lowest BCUT2D eigenvalue weighted by molar-refractivity contribution is -0.125. The SMILES string of the molecule is COc1ccc(CNC(=O)CCC(=O)N2C[C@H](C)Oc3ccccc32)cc1. The maximum Gasteiger partial charge on any atom is 0.227 e. The molecule has 0 fully saturated rings. The summed E-state index contributed by atoms with van der Waals surface area (Å²) in [5.41, 5.74) is 1.74. The Morgan fingerprint density at radius 1 is 1.15 bits per heavy atom. The van der Waals surface area contributed by atoms with Crippen molar-refractivity contribution in [2.75, 3.05) is 18.6 Å². The van der Waals surface area contributed by atoms with Crippen molar-refractivity contribution in [2.45, 2.75) is 32.4 Å². The zero-order chi connectivity index (χ0) is 19.2. The number of benzene rings is 2. The van der Waals surface area contributed by atoms with Crippen molar-refractivity contribution >= 4 is 17.5 Å². The summed E-state index contributed by atoms with van der Waals surface area (Å²) in [6, 6.07) is 15.0. The molecule has 6 heteroatoms. The van der Waals surface area contributed by atoms with Gasteiger partial charge in [-0.25, -0.2) is 0 Å². The second-order valence-electron chi connectivity index (χ2n) is 6.53. The maximum absolute atomic E-state index is 12.6. The molecule has 2 amide bonds. The maximum atomic E-state index is 12.6. The molecule has 0 saturated heterocycles. The minimum Gasteiger partial charge on any atom is -0.497 e. The van der Waals surface area contributed by atoms with Crippen LogP contribution < -0.4 is 19.7 Å². The molecule has 0 unspecified atom stereocenters. The second kappa shape index (κ2) is 8.58. The van der Waals surface area contributed by atoms with Gasteiger partial charge in [-0.2, -0.15) is 0 Å². The van der Waals surface area contributed by atoms with E-state index in [2.05, 4.69) is 5.32 Å². The van der Waals surface area contributed by atoms with Crippen LogP contribution in [0, 0.1) is 0 Å². The van der Waals surface area contributed by atoms with Crippen molar-refractivity contribution in [2.24, 2.45) is 0 Å². The molecule has 0 saturated carbocycles. The van der Waals surface area contributed by atoms with Gasteiger partial charge in [0, 0.05) is 19.4 Å². The first-order valence-electron chi connectivity index (χ1n) is 9.02. The van der Waals surface area contributed by atoms with Crippen LogP contribution in [0.1, 0.15) is 25.3 Å². The van der Waals surface area contributed by atoms with Crippen LogP contribution in [0.2, 0.25) is 0 Å². The molecule has 0 aromatic heterocycles. The van der Waals surface area contributed by atoms with Crippen molar-refractivity contribution < 1.29 is 19.1 Å². The number of ether oxygens (including phenoxy) is 2. The Morgan fingerprint density at radius 3 is 2.63 bits per heavy atom. The lowest BCUT2D eigenvalue weighted by Crippen LogP contribution is -2.42. The Morgan fingerprint density at radius 2 is 1.89 bits per heavy atom. The Hall–Kier alpha value is -3.02. The molecule has 1 aliphatic rings. The molecule has 1 N–H and O–H groups in total. The van der Waals surface area contributed by atoms with Gasteiger partial charge in [-0.3, -0.25) is 9.59 Å². The van der Waals surface area contributed by atoms with Crippen LogP contribution in [-0.2, 0) is 16.1 Å². The molecule has 0 aliphatic carbocycles. The number of carbonyl (C=O) groups is 2. The first-order valence-corrected chi connectivity index (χ1v) is 9.02. The van der Waals surface area contributed by atoms with Gasteiger partial charge in [0.1, 0.15) is 17.6 Å². The zero-order valence-electron chi connectivity index (χ0n) is 15.6. The van der Waals surface area contributed by atoms with Crippen LogP contribution >= 0.6 is 0 Å². The van der Waals surface area contributed by atoms with E-state index >= 15 is 0 Å². The summed E-state index contributed by atoms with van der Waals surface area (Å²) < 4.78 is 10.9. The average Bonchev–Trinajstić information content (AvgIpc) is 2.70. The van der Waals surface area contributed by atoms with Gasteiger partial charge in [-0.15, -0.1) is 0 Å². The molecule has 142 valence electrons. The van der Waals surface area contributed by atoms with E-state index in [1.807, 2.05) is 55.5 Å². The molecule has 3 rings (SSSR count). The minimum atomic E-state index is -0.145. The first kappa shape index (κ1) is 18.8. The van der Waals surface area contributed by atoms with Gasteiger partial charge in [0.2, 0.25) is 11.8 Å². The quantitative estimate of drug-likeness (QED) is 0.851. The fourth-order valence-corrected chi connectivity index (χ4v) is 3.01. The van der Waals surface area contributed by atoms with Crippen LogP contribution in [0.25, 0.3) is 0 Å². The van der Waals surface area contributed by atoms with Gasteiger partial charge in [0.25, 0.3) is 0 Å². The third kappa shape index (κ3) is 4.78. The Kier molecular flexibility index (Phi) is 5.96. The largest absolute Gasteiger partial charge is 0.497 e. The third-order valence-electron chi connectivity index (χ3n) is 4.44. The summed E-state index contributed by atoms with van der Waals surface area (Å²) in [6.45, 7) is 2.84. The van der Waals surface area contributed by atoms with Crippen LogP contribution in [0.5, 0.6) is 11.5 Å². The van der Waals surface area contributed by atoms with Crippen LogP contribution in [0.3, 0.4) is 0 Å². The highest BCUT2D eigenvalue weighted by atomic mass is 16.5. The molecule has 2 aromatic carbocycles. The molecule has 0 radical (unpaired) electrons. The van der Waals surface area contributed by atoms with Crippen molar-refractivity contribution in [1.82, 2.24) is 5.32 Å². The van der Waals surface area contributed by atoms with Gasteiger partial charge in [-0.1, -0.05) is 24.3 Å². The molecule has 6 nitrogen and oxygen atoms in total. The van der Waals surface area contributed by atoms with E-state index < -0.39 is 0 Å². The summed E-state index contributed by atoms with van der Waals surface area (Å²) in [6.07, 6.45) is 0.242. The standard InChI is InChI=1S/C21H24N2O4/c1-15-14-23(18-5-3-4-6-19(18)27-15)21(25)12-11-20(24)22-13-16-7-9-17(26-2)10-8-16/h3-10,15H,11-14H2,1-2H3,(H,22,24)/t15-/m0/s1. The Balaban J connectivity index is 1.50. The van der Waals surface area contributed by atoms with Gasteiger partial charge in [0.05, 0.1) is 19.3 Å². The molecule has 2 aromatic rings. The number of nitrogens with zero attached hydrogens (tertiary/aromatic N) is 1. The van der Waals surface area contributed by atoms with E-state index in [4.69, 9.17) is 9.47 Å². The van der Waals surface area contributed by atoms with Crippen molar-refractivity contribution in [1.29, 1.82) is 0 Å². The molecule has 1 atom stereocenters. The minimum absolute atomic E-state index is 0.0720. The van der Waals surface area contributed by atoms with Crippen molar-refractivity contribution in [3.05, 3.63) is 54.1 Å². The average molecular weight is 368 g/mol. The van der Waals surface area contributed by atoms with Gasteiger partial charge < -0.3 is 19.7 Å². The van der Waals surface area contributed by atoms with E-state index in [1.165, 1.54) is 0 Å². The molecule has 0 spiro atoms. The zero-order valence-corrected chi connectivity index (χ0v) is 15.6. The number of carbonyl (C=O) groups excluding carboxylic acids is 2. The highest BCUT2D eigenvalue weighted by molar-refractivity contribution is 5.97. The molecule has 1 heterocycles. The number of methoxy groups -OCH3 is 1. The van der Waals surface area contributed by atoms with Gasteiger partial charge in [0.15, 0.2) is 0 Å². The molecular weight excluding hydrogens is 344 g/mol. The number of amides is 2. The van der Waals surface area contributed by atoms with E-state index in [0.29, 0.717) is 18.8 Å². The van der Waals surface area contributed by atoms with Crippen LogP contribution in [0.15, 0.2) is 48.5 Å². The number of fused-ring (bicyclic) bond motifs is 1. The van der Waals surface area contributed by atoms with Gasteiger partial charge in [-0.05, 0) is 36.8 Å². The normalized spacial score (nSPS) is 15.5. The number of para-hydroxylation sites is 2. The predicted molar refractivity (Wildman–Crippen MR) is 103 cm³/mol. The highest BCUT2D eigenvalue weighted by Crippen LogP contribution is 2.33. The van der Waals surface area contributed by atoms with Crippen LogP contribution in [0.4, 0.5) is 5.69 Å². The van der Waals surface area contributed by atoms with E-state index in [1.54, 1.807) is 12.0 Å². The van der Waals surface area contributed by atoms with Gasteiger partial charge >= 0.3 is 0 Å². The number of nitrogens with one attached hydrogen (secondary N) is 1.